The predicted octanol–water partition coefficient (Wildman–Crippen LogP) is 2.93. The molecule has 19 heavy (non-hydrogen) atoms. The van der Waals surface area contributed by atoms with Crippen LogP contribution in [0.3, 0.4) is 0 Å². The van der Waals surface area contributed by atoms with E-state index in [1.807, 2.05) is 48.5 Å². The van der Waals surface area contributed by atoms with E-state index in [1.54, 1.807) is 24.3 Å². The Kier molecular flexibility index (Phi) is 2.98. The van der Waals surface area contributed by atoms with Crippen LogP contribution in [0.2, 0.25) is 0 Å². The van der Waals surface area contributed by atoms with E-state index in [2.05, 4.69) is 10.2 Å². The summed E-state index contributed by atoms with van der Waals surface area (Å²) in [6.45, 7) is 0. The summed E-state index contributed by atoms with van der Waals surface area (Å²) in [6.07, 6.45) is 3.58. The molecule has 0 bridgehead atoms. The molecule has 4 nitrogen and oxygen atoms in total. The topological polar surface area (TPSA) is 39.4 Å². The number of rotatable bonds is 3. The predicted molar refractivity (Wildman–Crippen MR) is 75.7 cm³/mol. The maximum Gasteiger partial charge on any atom is 0.118 e. The Morgan fingerprint density at radius 1 is 1.11 bits per heavy atom. The molecule has 0 spiro atoms. The van der Waals surface area contributed by atoms with Crippen molar-refractivity contribution in [3.05, 3.63) is 60.3 Å². The molecule has 0 aliphatic carbocycles. The van der Waals surface area contributed by atoms with Gasteiger partial charge < -0.3 is 4.74 Å². The van der Waals surface area contributed by atoms with Crippen molar-refractivity contribution in [1.29, 1.82) is 0 Å². The Bertz CT molecular complexity index is 714. The fourth-order valence-electron chi connectivity index (χ4n) is 1.86. The highest BCUT2D eigenvalue weighted by Gasteiger charge is 1.98. The lowest BCUT2D eigenvalue weighted by Crippen LogP contribution is -1.92. The van der Waals surface area contributed by atoms with Gasteiger partial charge in [-0.2, -0.15) is 15.0 Å². The molecule has 0 atom stereocenters. The minimum absolute atomic E-state index is 0.835. The minimum atomic E-state index is 0.835. The van der Waals surface area contributed by atoms with Gasteiger partial charge >= 0.3 is 0 Å². The Hall–Kier alpha value is -2.62. The molecular weight excluding hydrogens is 238 g/mol. The van der Waals surface area contributed by atoms with E-state index in [-0.39, 0.29) is 0 Å². The monoisotopic (exact) mass is 251 g/mol. The standard InChI is InChI=1S/C15H13N3O/c1-19-14-8-6-12(7-9-14)10-16-18-15-5-3-2-4-13(15)11-17-18/h2-11H,1H3/b16-10+. The van der Waals surface area contributed by atoms with Gasteiger partial charge in [-0.05, 0) is 35.9 Å². The maximum atomic E-state index is 5.12. The number of methoxy groups -OCH3 is 1. The highest BCUT2D eigenvalue weighted by molar-refractivity contribution is 5.82. The third-order valence-corrected chi connectivity index (χ3v) is 2.89. The van der Waals surface area contributed by atoms with E-state index in [0.29, 0.717) is 0 Å². The van der Waals surface area contributed by atoms with Gasteiger partial charge in [0.15, 0.2) is 0 Å². The molecule has 4 heteroatoms. The lowest BCUT2D eigenvalue weighted by atomic mass is 10.2. The number of fused-ring (bicyclic) bond motifs is 1. The number of benzene rings is 2. The van der Waals surface area contributed by atoms with Crippen LogP contribution in [0, 0.1) is 0 Å². The normalized spacial score (nSPS) is 11.2. The molecule has 0 unspecified atom stereocenters. The van der Waals surface area contributed by atoms with Crippen LogP contribution in [0.4, 0.5) is 0 Å². The summed E-state index contributed by atoms with van der Waals surface area (Å²) < 4.78 is 5.12. The summed E-state index contributed by atoms with van der Waals surface area (Å²) in [5, 5.41) is 9.68. The van der Waals surface area contributed by atoms with Crippen molar-refractivity contribution < 1.29 is 4.74 Å². The zero-order chi connectivity index (χ0) is 13.1. The molecule has 1 heterocycles. The Labute approximate surface area is 110 Å². The van der Waals surface area contributed by atoms with Gasteiger partial charge in [0.05, 0.1) is 25.0 Å². The van der Waals surface area contributed by atoms with Crippen LogP contribution in [-0.2, 0) is 0 Å². The second-order valence-electron chi connectivity index (χ2n) is 4.11. The van der Waals surface area contributed by atoms with Crippen molar-refractivity contribution >= 4 is 17.1 Å². The summed E-state index contributed by atoms with van der Waals surface area (Å²) in [6, 6.07) is 15.7. The smallest absolute Gasteiger partial charge is 0.118 e. The molecule has 0 N–H and O–H groups in total. The van der Waals surface area contributed by atoms with Crippen molar-refractivity contribution in [3.8, 4) is 5.75 Å². The molecule has 3 aromatic rings. The quantitative estimate of drug-likeness (QED) is 0.671. The van der Waals surface area contributed by atoms with Crippen LogP contribution in [0.15, 0.2) is 59.8 Å². The fraction of sp³-hybridized carbons (Fsp3) is 0.0667. The van der Waals surface area contributed by atoms with Crippen molar-refractivity contribution in [2.75, 3.05) is 7.11 Å². The summed E-state index contributed by atoms with van der Waals surface area (Å²) in [7, 11) is 1.65. The van der Waals surface area contributed by atoms with E-state index in [4.69, 9.17) is 4.74 Å². The second kappa shape index (κ2) is 4.94. The molecule has 94 valence electrons. The zero-order valence-corrected chi connectivity index (χ0v) is 10.5. The first kappa shape index (κ1) is 11.5. The molecule has 0 aliphatic heterocycles. The third kappa shape index (κ3) is 2.33. The fourth-order valence-corrected chi connectivity index (χ4v) is 1.86. The van der Waals surface area contributed by atoms with Gasteiger partial charge in [0.2, 0.25) is 0 Å². The molecule has 3 rings (SSSR count). The summed E-state index contributed by atoms with van der Waals surface area (Å²) in [4.78, 5) is 1.62. The van der Waals surface area contributed by atoms with Gasteiger partial charge in [0.25, 0.3) is 0 Å². The summed E-state index contributed by atoms with van der Waals surface area (Å²) in [5.41, 5.74) is 1.99. The summed E-state index contributed by atoms with van der Waals surface area (Å²) in [5.74, 6) is 0.835. The first-order chi connectivity index (χ1) is 9.36. The Morgan fingerprint density at radius 2 is 1.89 bits per heavy atom. The zero-order valence-electron chi connectivity index (χ0n) is 10.5. The maximum absolute atomic E-state index is 5.12. The molecule has 0 fully saturated rings. The first-order valence-electron chi connectivity index (χ1n) is 5.98. The largest absolute Gasteiger partial charge is 0.497 e. The number of para-hydroxylation sites is 1. The molecule has 0 aliphatic rings. The third-order valence-electron chi connectivity index (χ3n) is 2.89. The number of nitrogens with zero attached hydrogens (tertiary/aromatic N) is 3. The second-order valence-corrected chi connectivity index (χ2v) is 4.11. The number of hydrogen-bond donors (Lipinski definition) is 0. The summed E-state index contributed by atoms with van der Waals surface area (Å²) >= 11 is 0. The number of hydrogen-bond acceptors (Lipinski definition) is 3. The first-order valence-corrected chi connectivity index (χ1v) is 5.98. The lowest BCUT2D eigenvalue weighted by Gasteiger charge is -1.99. The highest BCUT2D eigenvalue weighted by atomic mass is 16.5. The van der Waals surface area contributed by atoms with Crippen LogP contribution >= 0.6 is 0 Å². The highest BCUT2D eigenvalue weighted by Crippen LogP contribution is 2.13. The van der Waals surface area contributed by atoms with E-state index in [1.165, 1.54) is 0 Å². The van der Waals surface area contributed by atoms with E-state index in [0.717, 1.165) is 22.2 Å². The van der Waals surface area contributed by atoms with E-state index >= 15 is 0 Å². The average Bonchev–Trinajstić information content (AvgIpc) is 2.89. The van der Waals surface area contributed by atoms with Crippen molar-refractivity contribution in [2.45, 2.75) is 0 Å². The minimum Gasteiger partial charge on any atom is -0.497 e. The van der Waals surface area contributed by atoms with Crippen LogP contribution < -0.4 is 4.74 Å². The van der Waals surface area contributed by atoms with Gasteiger partial charge in [-0.1, -0.05) is 18.2 Å². The van der Waals surface area contributed by atoms with Crippen LogP contribution in [0.5, 0.6) is 5.75 Å². The molecule has 1 aromatic heterocycles. The average molecular weight is 251 g/mol. The Balaban J connectivity index is 1.89. The molecule has 0 amide bonds. The van der Waals surface area contributed by atoms with Gasteiger partial charge in [0, 0.05) is 5.39 Å². The van der Waals surface area contributed by atoms with Gasteiger partial charge in [0.1, 0.15) is 5.75 Å². The van der Waals surface area contributed by atoms with E-state index < -0.39 is 0 Å². The SMILES string of the molecule is COc1ccc(/C=N/n2ncc3ccccc32)cc1. The lowest BCUT2D eigenvalue weighted by molar-refractivity contribution is 0.415. The molecule has 0 saturated heterocycles. The molecular formula is C15H13N3O. The van der Waals surface area contributed by atoms with E-state index in [9.17, 15) is 0 Å². The van der Waals surface area contributed by atoms with Gasteiger partial charge in [-0.25, -0.2) is 0 Å². The van der Waals surface area contributed by atoms with Crippen LogP contribution in [0.25, 0.3) is 10.9 Å². The van der Waals surface area contributed by atoms with Crippen LogP contribution in [0.1, 0.15) is 5.56 Å². The van der Waals surface area contributed by atoms with Crippen LogP contribution in [-0.4, -0.2) is 23.2 Å². The molecule has 2 aromatic carbocycles. The van der Waals surface area contributed by atoms with Crippen molar-refractivity contribution in [3.63, 3.8) is 0 Å². The molecule has 0 radical (unpaired) electrons. The Morgan fingerprint density at radius 3 is 2.68 bits per heavy atom. The van der Waals surface area contributed by atoms with Crippen molar-refractivity contribution in [1.82, 2.24) is 9.89 Å². The number of ether oxygens (including phenoxy) is 1. The molecule has 0 saturated carbocycles. The number of aromatic nitrogens is 2. The van der Waals surface area contributed by atoms with Gasteiger partial charge in [-0.15, -0.1) is 0 Å². The van der Waals surface area contributed by atoms with Crippen molar-refractivity contribution in [2.24, 2.45) is 5.10 Å². The van der Waals surface area contributed by atoms with Gasteiger partial charge in [-0.3, -0.25) is 0 Å².